The van der Waals surface area contributed by atoms with E-state index in [2.05, 4.69) is 27.1 Å². The first-order valence-corrected chi connectivity index (χ1v) is 7.05. The van der Waals surface area contributed by atoms with Gasteiger partial charge in [0.05, 0.1) is 19.3 Å². The lowest BCUT2D eigenvalue weighted by atomic mass is 10.2. The van der Waals surface area contributed by atoms with E-state index in [4.69, 9.17) is 15.2 Å². The zero-order valence-electron chi connectivity index (χ0n) is 12.1. The molecule has 0 radical (unpaired) electrons. The molecule has 1 unspecified atom stereocenters. The number of nitrogens with two attached hydrogens (primary N) is 1. The van der Waals surface area contributed by atoms with Crippen LogP contribution in [0.1, 0.15) is 13.8 Å². The average molecular weight is 281 g/mol. The molecule has 1 aliphatic rings. The second-order valence-electron chi connectivity index (χ2n) is 4.64. The second kappa shape index (κ2) is 7.25. The summed E-state index contributed by atoms with van der Waals surface area (Å²) < 4.78 is 11.1. The number of nitrogens with one attached hydrogen (secondary N) is 1. The van der Waals surface area contributed by atoms with Crippen molar-refractivity contribution < 1.29 is 9.47 Å². The van der Waals surface area contributed by atoms with Crippen molar-refractivity contribution >= 4 is 11.5 Å². The van der Waals surface area contributed by atoms with Gasteiger partial charge in [-0.25, -0.2) is 4.98 Å². The van der Waals surface area contributed by atoms with Gasteiger partial charge in [0, 0.05) is 19.6 Å². The minimum Gasteiger partial charge on any atom is -0.476 e. The lowest BCUT2D eigenvalue weighted by molar-refractivity contribution is -0.0192. The standard InChI is InChI=1S/C13H23N5O2/c1-3-18-5-6-20-10(8-18)7-15-12-11(14)13(19-4-2)17-9-16-12/h9-10H,3-8,14H2,1-2H3,(H,15,16,17). The van der Waals surface area contributed by atoms with Crippen molar-refractivity contribution in [2.75, 3.05) is 50.4 Å². The van der Waals surface area contributed by atoms with Crippen molar-refractivity contribution in [3.05, 3.63) is 6.33 Å². The molecule has 1 aliphatic heterocycles. The lowest BCUT2D eigenvalue weighted by Gasteiger charge is -2.32. The van der Waals surface area contributed by atoms with E-state index in [1.54, 1.807) is 0 Å². The smallest absolute Gasteiger partial charge is 0.242 e. The van der Waals surface area contributed by atoms with Gasteiger partial charge in [-0.05, 0) is 13.5 Å². The molecule has 1 fully saturated rings. The molecule has 1 saturated heterocycles. The van der Waals surface area contributed by atoms with Crippen LogP contribution in [-0.4, -0.2) is 60.4 Å². The normalized spacial score (nSPS) is 19.8. The number of rotatable bonds is 6. The predicted molar refractivity (Wildman–Crippen MR) is 78.0 cm³/mol. The van der Waals surface area contributed by atoms with E-state index in [1.807, 2.05) is 6.92 Å². The number of likely N-dealkylation sites (N-methyl/N-ethyl adjacent to an activating group) is 1. The molecule has 7 heteroatoms. The third-order valence-electron chi connectivity index (χ3n) is 3.30. The predicted octanol–water partition coefficient (Wildman–Crippen LogP) is 0.590. The van der Waals surface area contributed by atoms with E-state index in [1.165, 1.54) is 6.33 Å². The number of morpholine rings is 1. The molecule has 1 aromatic rings. The Bertz CT molecular complexity index is 429. The minimum absolute atomic E-state index is 0.147. The van der Waals surface area contributed by atoms with Crippen molar-refractivity contribution in [2.24, 2.45) is 0 Å². The highest BCUT2D eigenvalue weighted by atomic mass is 16.5. The van der Waals surface area contributed by atoms with Gasteiger partial charge < -0.3 is 20.5 Å². The summed E-state index contributed by atoms with van der Waals surface area (Å²) in [5.74, 6) is 1.02. The molecule has 2 rings (SSSR count). The fourth-order valence-corrected chi connectivity index (χ4v) is 2.17. The van der Waals surface area contributed by atoms with Crippen LogP contribution in [0.25, 0.3) is 0 Å². The monoisotopic (exact) mass is 281 g/mol. The van der Waals surface area contributed by atoms with Crippen LogP contribution >= 0.6 is 0 Å². The average Bonchev–Trinajstić information content (AvgIpc) is 2.48. The Morgan fingerprint density at radius 1 is 1.50 bits per heavy atom. The molecule has 1 atom stereocenters. The fraction of sp³-hybridized carbons (Fsp3) is 0.692. The number of ether oxygens (including phenoxy) is 2. The van der Waals surface area contributed by atoms with Gasteiger partial charge in [0.25, 0.3) is 0 Å². The summed E-state index contributed by atoms with van der Waals surface area (Å²) in [5, 5.41) is 3.22. The molecule has 0 saturated carbocycles. The van der Waals surface area contributed by atoms with Gasteiger partial charge in [0.1, 0.15) is 12.0 Å². The molecule has 0 spiro atoms. The van der Waals surface area contributed by atoms with Crippen molar-refractivity contribution in [2.45, 2.75) is 20.0 Å². The number of nitrogens with zero attached hydrogens (tertiary/aromatic N) is 3. The summed E-state index contributed by atoms with van der Waals surface area (Å²) in [4.78, 5) is 10.5. The van der Waals surface area contributed by atoms with E-state index in [9.17, 15) is 0 Å². The number of anilines is 2. The second-order valence-corrected chi connectivity index (χ2v) is 4.64. The molecule has 2 heterocycles. The molecule has 0 aromatic carbocycles. The van der Waals surface area contributed by atoms with Gasteiger partial charge in [-0.15, -0.1) is 0 Å². The van der Waals surface area contributed by atoms with E-state index in [0.717, 1.165) is 26.2 Å². The van der Waals surface area contributed by atoms with Crippen molar-refractivity contribution in [3.8, 4) is 5.88 Å². The quantitative estimate of drug-likeness (QED) is 0.789. The van der Waals surface area contributed by atoms with Crippen LogP contribution in [0, 0.1) is 0 Å². The van der Waals surface area contributed by atoms with Crippen LogP contribution in [0.3, 0.4) is 0 Å². The number of hydrogen-bond acceptors (Lipinski definition) is 7. The Balaban J connectivity index is 1.92. The van der Waals surface area contributed by atoms with Crippen LogP contribution in [-0.2, 0) is 4.74 Å². The molecule has 0 amide bonds. The van der Waals surface area contributed by atoms with Crippen molar-refractivity contribution in [1.82, 2.24) is 14.9 Å². The Morgan fingerprint density at radius 3 is 3.10 bits per heavy atom. The van der Waals surface area contributed by atoms with Crippen LogP contribution in [0.15, 0.2) is 6.33 Å². The number of hydrogen-bond donors (Lipinski definition) is 2. The Hall–Kier alpha value is -1.60. The molecule has 1 aromatic heterocycles. The Kier molecular flexibility index (Phi) is 5.37. The molecule has 7 nitrogen and oxygen atoms in total. The van der Waals surface area contributed by atoms with Gasteiger partial charge in [-0.1, -0.05) is 6.92 Å². The molecular formula is C13H23N5O2. The summed E-state index contributed by atoms with van der Waals surface area (Å²) in [6.07, 6.45) is 1.60. The van der Waals surface area contributed by atoms with Crippen LogP contribution in [0.2, 0.25) is 0 Å². The molecule has 0 bridgehead atoms. The summed E-state index contributed by atoms with van der Waals surface area (Å²) in [7, 11) is 0. The first-order chi connectivity index (χ1) is 9.74. The van der Waals surface area contributed by atoms with Crippen LogP contribution < -0.4 is 15.8 Å². The van der Waals surface area contributed by atoms with Crippen LogP contribution in [0.4, 0.5) is 11.5 Å². The highest BCUT2D eigenvalue weighted by Gasteiger charge is 2.19. The number of aromatic nitrogens is 2. The zero-order valence-corrected chi connectivity index (χ0v) is 12.1. The van der Waals surface area contributed by atoms with Gasteiger partial charge in [-0.2, -0.15) is 4.98 Å². The largest absolute Gasteiger partial charge is 0.476 e. The molecule has 112 valence electrons. The van der Waals surface area contributed by atoms with Gasteiger partial charge in [0.2, 0.25) is 5.88 Å². The number of nitrogen functional groups attached to an aromatic ring is 1. The van der Waals surface area contributed by atoms with E-state index < -0.39 is 0 Å². The first kappa shape index (κ1) is 14.8. The first-order valence-electron chi connectivity index (χ1n) is 7.05. The maximum atomic E-state index is 5.97. The minimum atomic E-state index is 0.147. The maximum Gasteiger partial charge on any atom is 0.242 e. The van der Waals surface area contributed by atoms with Crippen LogP contribution in [0.5, 0.6) is 5.88 Å². The van der Waals surface area contributed by atoms with E-state index in [0.29, 0.717) is 30.5 Å². The molecular weight excluding hydrogens is 258 g/mol. The van der Waals surface area contributed by atoms with Gasteiger partial charge in [0.15, 0.2) is 5.82 Å². The Labute approximate surface area is 119 Å². The highest BCUT2D eigenvalue weighted by molar-refractivity contribution is 5.66. The third kappa shape index (κ3) is 3.71. The van der Waals surface area contributed by atoms with Gasteiger partial charge >= 0.3 is 0 Å². The summed E-state index contributed by atoms with van der Waals surface area (Å²) in [6, 6.07) is 0. The highest BCUT2D eigenvalue weighted by Crippen LogP contribution is 2.24. The van der Waals surface area contributed by atoms with Crippen molar-refractivity contribution in [1.29, 1.82) is 0 Å². The topological polar surface area (TPSA) is 85.5 Å². The lowest BCUT2D eigenvalue weighted by Crippen LogP contribution is -2.45. The van der Waals surface area contributed by atoms with Crippen molar-refractivity contribution in [3.63, 3.8) is 0 Å². The molecule has 3 N–H and O–H groups in total. The van der Waals surface area contributed by atoms with Gasteiger partial charge in [-0.3, -0.25) is 4.90 Å². The fourth-order valence-electron chi connectivity index (χ4n) is 2.17. The Morgan fingerprint density at radius 2 is 2.35 bits per heavy atom. The van der Waals surface area contributed by atoms with E-state index >= 15 is 0 Å². The molecule has 0 aliphatic carbocycles. The summed E-state index contributed by atoms with van der Waals surface area (Å²) in [5.41, 5.74) is 6.42. The molecule has 20 heavy (non-hydrogen) atoms. The zero-order chi connectivity index (χ0) is 14.4. The SMILES string of the molecule is CCOc1ncnc(NCC2CN(CC)CCO2)c1N. The summed E-state index contributed by atoms with van der Waals surface area (Å²) >= 11 is 0. The summed E-state index contributed by atoms with van der Waals surface area (Å²) in [6.45, 7) is 8.98. The maximum absolute atomic E-state index is 5.97. The van der Waals surface area contributed by atoms with E-state index in [-0.39, 0.29) is 6.10 Å². The third-order valence-corrected chi connectivity index (χ3v) is 3.30.